The van der Waals surface area contributed by atoms with E-state index in [0.29, 0.717) is 25.8 Å². The van der Waals surface area contributed by atoms with Crippen molar-refractivity contribution in [2.24, 2.45) is 11.8 Å². The minimum absolute atomic E-state index is 0.0148. The van der Waals surface area contributed by atoms with E-state index in [9.17, 15) is 19.5 Å². The van der Waals surface area contributed by atoms with Crippen molar-refractivity contribution in [2.75, 3.05) is 26.3 Å². The molecule has 0 radical (unpaired) electrons. The number of nitrogens with zero attached hydrogens (tertiary/aromatic N) is 2. The van der Waals surface area contributed by atoms with Crippen molar-refractivity contribution in [3.8, 4) is 0 Å². The molecular weight excluding hydrogens is 448 g/mol. The lowest BCUT2D eigenvalue weighted by Gasteiger charge is -2.36. The van der Waals surface area contributed by atoms with Crippen LogP contribution in [0.25, 0.3) is 0 Å². The fourth-order valence-electron chi connectivity index (χ4n) is 6.11. The van der Waals surface area contributed by atoms with Crippen LogP contribution in [0.15, 0.2) is 55.6 Å². The molecule has 2 bridgehead atoms. The molecule has 0 saturated carbocycles. The van der Waals surface area contributed by atoms with Crippen molar-refractivity contribution >= 4 is 17.8 Å². The van der Waals surface area contributed by atoms with Gasteiger partial charge in [-0.25, -0.2) is 0 Å². The second-order valence-electron chi connectivity index (χ2n) is 9.72. The number of carbonyl (C=O) groups excluding carboxylic acids is 3. The first-order valence-corrected chi connectivity index (χ1v) is 12.2. The second kappa shape index (κ2) is 9.95. The van der Waals surface area contributed by atoms with Crippen molar-refractivity contribution in [1.29, 1.82) is 0 Å². The molecule has 2 amide bonds. The molecule has 1 aromatic rings. The van der Waals surface area contributed by atoms with Gasteiger partial charge in [-0.1, -0.05) is 42.5 Å². The lowest BCUT2D eigenvalue weighted by molar-refractivity contribution is -0.160. The van der Waals surface area contributed by atoms with E-state index < -0.39 is 35.0 Å². The number of rotatable bonds is 11. The lowest BCUT2D eigenvalue weighted by atomic mass is 9.66. The summed E-state index contributed by atoms with van der Waals surface area (Å²) < 4.78 is 12.0. The van der Waals surface area contributed by atoms with Gasteiger partial charge in [-0.3, -0.25) is 14.4 Å². The van der Waals surface area contributed by atoms with Crippen molar-refractivity contribution in [3.05, 3.63) is 61.2 Å². The van der Waals surface area contributed by atoms with Gasteiger partial charge in [0.1, 0.15) is 17.6 Å². The predicted molar refractivity (Wildman–Crippen MR) is 129 cm³/mol. The Hall–Kier alpha value is -2.97. The number of likely N-dealkylation sites (tertiary alicyclic amines) is 1. The molecule has 3 heterocycles. The molecule has 8 heteroatoms. The van der Waals surface area contributed by atoms with Crippen LogP contribution in [0, 0.1) is 11.8 Å². The number of aliphatic hydroxyl groups excluding tert-OH is 1. The van der Waals surface area contributed by atoms with Crippen molar-refractivity contribution < 1.29 is 29.0 Å². The molecule has 35 heavy (non-hydrogen) atoms. The van der Waals surface area contributed by atoms with Crippen LogP contribution >= 0.6 is 0 Å². The largest absolute Gasteiger partial charge is 0.465 e. The molecule has 3 fully saturated rings. The number of aliphatic hydroxyl groups is 1. The molecule has 3 aliphatic heterocycles. The van der Waals surface area contributed by atoms with Crippen LogP contribution in [0.2, 0.25) is 0 Å². The highest BCUT2D eigenvalue weighted by Gasteiger charge is 2.78. The average molecular weight is 483 g/mol. The van der Waals surface area contributed by atoms with E-state index in [1.165, 1.54) is 4.90 Å². The SMILES string of the molecule is C=CCCOC(=O)[C@@H]1[C@H]2C(=O)N(CCO)C(C(=O)N(CC=C)Cc3ccccc3)C23CC[C@@]1(C)O3. The van der Waals surface area contributed by atoms with E-state index in [1.54, 1.807) is 17.1 Å². The Morgan fingerprint density at radius 1 is 1.26 bits per heavy atom. The zero-order chi connectivity index (χ0) is 25.2. The summed E-state index contributed by atoms with van der Waals surface area (Å²) in [6, 6.07) is 8.65. The van der Waals surface area contributed by atoms with Gasteiger partial charge in [0, 0.05) is 19.6 Å². The molecule has 0 aromatic heterocycles. The van der Waals surface area contributed by atoms with Gasteiger partial charge in [0.05, 0.1) is 24.7 Å². The van der Waals surface area contributed by atoms with Gasteiger partial charge in [-0.2, -0.15) is 0 Å². The predicted octanol–water partition coefficient (Wildman–Crippen LogP) is 2.08. The summed E-state index contributed by atoms with van der Waals surface area (Å²) in [5, 5.41) is 9.74. The Morgan fingerprint density at radius 3 is 2.66 bits per heavy atom. The number of hydrogen-bond donors (Lipinski definition) is 1. The number of ether oxygens (including phenoxy) is 2. The standard InChI is InChI=1S/C27H34N2O6/c1-4-6-17-34-25(33)21-20-23(31)29(15-16-30)22(27(20)13-12-26(21,3)35-27)24(32)28(14-5-2)18-19-10-8-7-9-11-19/h4-5,7-11,20-22,30H,1-2,6,12-18H2,3H3/t20-,21-,22?,26+,27?/m0/s1. The first kappa shape index (κ1) is 25.1. The van der Waals surface area contributed by atoms with Crippen LogP contribution in [0.3, 0.4) is 0 Å². The topological polar surface area (TPSA) is 96.4 Å². The molecule has 3 saturated heterocycles. The minimum atomic E-state index is -1.14. The maximum Gasteiger partial charge on any atom is 0.312 e. The first-order chi connectivity index (χ1) is 16.8. The van der Waals surface area contributed by atoms with E-state index in [0.717, 1.165) is 5.56 Å². The van der Waals surface area contributed by atoms with Crippen LogP contribution in [0.4, 0.5) is 0 Å². The average Bonchev–Trinajstić information content (AvgIpc) is 3.40. The van der Waals surface area contributed by atoms with E-state index in [2.05, 4.69) is 13.2 Å². The summed E-state index contributed by atoms with van der Waals surface area (Å²) in [5.74, 6) is -2.75. The van der Waals surface area contributed by atoms with E-state index in [4.69, 9.17) is 9.47 Å². The number of fused-ring (bicyclic) bond motifs is 1. The van der Waals surface area contributed by atoms with E-state index >= 15 is 0 Å². The van der Waals surface area contributed by atoms with Crippen LogP contribution in [-0.4, -0.2) is 76.2 Å². The van der Waals surface area contributed by atoms with Crippen LogP contribution in [-0.2, 0) is 30.4 Å². The molecule has 4 rings (SSSR count). The molecule has 1 N–H and O–H groups in total. The van der Waals surface area contributed by atoms with Crippen molar-refractivity contribution in [3.63, 3.8) is 0 Å². The summed E-state index contributed by atoms with van der Waals surface area (Å²) in [4.78, 5) is 44.0. The third kappa shape index (κ3) is 4.19. The summed E-state index contributed by atoms with van der Waals surface area (Å²) in [6.07, 6.45) is 4.83. The first-order valence-electron chi connectivity index (χ1n) is 12.2. The molecule has 1 spiro atoms. The van der Waals surface area contributed by atoms with Crippen LogP contribution in [0.5, 0.6) is 0 Å². The smallest absolute Gasteiger partial charge is 0.312 e. The highest BCUT2D eigenvalue weighted by Crippen LogP contribution is 2.63. The quantitative estimate of drug-likeness (QED) is 0.295. The molecular formula is C27H34N2O6. The molecule has 3 aliphatic rings. The summed E-state index contributed by atoms with van der Waals surface area (Å²) >= 11 is 0. The fraction of sp³-hybridized carbons (Fsp3) is 0.519. The van der Waals surface area contributed by atoms with Gasteiger partial charge in [-0.15, -0.1) is 13.2 Å². The third-order valence-electron chi connectivity index (χ3n) is 7.55. The Labute approximate surface area is 206 Å². The van der Waals surface area contributed by atoms with Crippen LogP contribution in [0.1, 0.15) is 31.7 Å². The minimum Gasteiger partial charge on any atom is -0.465 e. The van der Waals surface area contributed by atoms with Gasteiger partial charge in [0.15, 0.2) is 0 Å². The maximum atomic E-state index is 14.1. The zero-order valence-electron chi connectivity index (χ0n) is 20.2. The van der Waals surface area contributed by atoms with Gasteiger partial charge >= 0.3 is 5.97 Å². The van der Waals surface area contributed by atoms with Gasteiger partial charge in [0.25, 0.3) is 0 Å². The van der Waals surface area contributed by atoms with Gasteiger partial charge < -0.3 is 24.4 Å². The Morgan fingerprint density at radius 2 is 2.00 bits per heavy atom. The number of benzene rings is 1. The van der Waals surface area contributed by atoms with Crippen molar-refractivity contribution in [1.82, 2.24) is 9.80 Å². The van der Waals surface area contributed by atoms with Crippen molar-refractivity contribution in [2.45, 2.75) is 50.0 Å². The summed E-state index contributed by atoms with van der Waals surface area (Å²) in [5.41, 5.74) is -1.09. The number of β-amino-alcohol motifs (C(OH)–C–C–N with tert-alkyl or cyclic N) is 1. The third-order valence-corrected chi connectivity index (χ3v) is 7.55. The molecule has 5 atom stereocenters. The summed E-state index contributed by atoms with van der Waals surface area (Å²) in [7, 11) is 0. The van der Waals surface area contributed by atoms with E-state index in [1.807, 2.05) is 37.3 Å². The highest BCUT2D eigenvalue weighted by atomic mass is 16.6. The lowest BCUT2D eigenvalue weighted by Crippen LogP contribution is -2.56. The number of amides is 2. The highest BCUT2D eigenvalue weighted by molar-refractivity contribution is 5.98. The van der Waals surface area contributed by atoms with Crippen LogP contribution < -0.4 is 0 Å². The van der Waals surface area contributed by atoms with Gasteiger partial charge in [0.2, 0.25) is 11.8 Å². The molecule has 188 valence electrons. The zero-order valence-corrected chi connectivity index (χ0v) is 20.2. The second-order valence-corrected chi connectivity index (χ2v) is 9.72. The molecule has 1 aromatic carbocycles. The molecule has 0 aliphatic carbocycles. The monoisotopic (exact) mass is 482 g/mol. The molecule has 2 unspecified atom stereocenters. The number of carbonyl (C=O) groups is 3. The Bertz CT molecular complexity index is 997. The van der Waals surface area contributed by atoms with E-state index in [-0.39, 0.29) is 38.1 Å². The Kier molecular flexibility index (Phi) is 7.15. The fourth-order valence-corrected chi connectivity index (χ4v) is 6.11. The number of hydrogen-bond acceptors (Lipinski definition) is 6. The maximum absolute atomic E-state index is 14.1. The summed E-state index contributed by atoms with van der Waals surface area (Å²) in [6.45, 7) is 9.76. The van der Waals surface area contributed by atoms with Gasteiger partial charge in [-0.05, 0) is 31.7 Å². The molecule has 8 nitrogen and oxygen atoms in total. The Balaban J connectivity index is 1.69. The normalized spacial score (nSPS) is 30.7. The number of esters is 1.